The van der Waals surface area contributed by atoms with Crippen molar-refractivity contribution in [1.82, 2.24) is 9.80 Å². The van der Waals surface area contributed by atoms with Crippen molar-refractivity contribution in [3.05, 3.63) is 30.3 Å². The smallest absolute Gasteiger partial charge is 0.225 e. The molecule has 0 aliphatic carbocycles. The average Bonchev–Trinajstić information content (AvgIpc) is 2.55. The molecule has 0 N–H and O–H groups in total. The monoisotopic (exact) mass is 304 g/mol. The van der Waals surface area contributed by atoms with Crippen molar-refractivity contribution < 1.29 is 14.3 Å². The first kappa shape index (κ1) is 16.3. The van der Waals surface area contributed by atoms with Gasteiger partial charge in [0.1, 0.15) is 5.75 Å². The van der Waals surface area contributed by atoms with Crippen molar-refractivity contribution >= 4 is 11.8 Å². The second kappa shape index (κ2) is 7.82. The van der Waals surface area contributed by atoms with E-state index >= 15 is 0 Å². The van der Waals surface area contributed by atoms with Gasteiger partial charge in [-0.1, -0.05) is 18.2 Å². The number of amides is 2. The van der Waals surface area contributed by atoms with Gasteiger partial charge in [0.2, 0.25) is 11.8 Å². The van der Waals surface area contributed by atoms with Crippen LogP contribution in [0, 0.1) is 5.92 Å². The predicted molar refractivity (Wildman–Crippen MR) is 84.6 cm³/mol. The van der Waals surface area contributed by atoms with Crippen LogP contribution in [0.15, 0.2) is 30.3 Å². The number of likely N-dealkylation sites (tertiary alicyclic amines) is 1. The van der Waals surface area contributed by atoms with Crippen LogP contribution in [0.4, 0.5) is 0 Å². The Hall–Kier alpha value is -2.04. The van der Waals surface area contributed by atoms with E-state index in [1.807, 2.05) is 35.2 Å². The van der Waals surface area contributed by atoms with E-state index in [2.05, 4.69) is 0 Å². The lowest BCUT2D eigenvalue weighted by Gasteiger charge is -2.32. The average molecular weight is 304 g/mol. The van der Waals surface area contributed by atoms with Gasteiger partial charge in [0, 0.05) is 33.1 Å². The lowest BCUT2D eigenvalue weighted by molar-refractivity contribution is -0.139. The molecular formula is C17H24N2O3. The van der Waals surface area contributed by atoms with Gasteiger partial charge in [0.15, 0.2) is 0 Å². The molecule has 1 aromatic rings. The normalized spacial score (nSPS) is 15.5. The van der Waals surface area contributed by atoms with E-state index in [0.29, 0.717) is 26.1 Å². The van der Waals surface area contributed by atoms with Crippen LogP contribution in [-0.2, 0) is 9.59 Å². The van der Waals surface area contributed by atoms with E-state index in [9.17, 15) is 9.59 Å². The van der Waals surface area contributed by atoms with Crippen molar-refractivity contribution in [2.24, 2.45) is 5.92 Å². The van der Waals surface area contributed by atoms with Crippen LogP contribution < -0.4 is 4.74 Å². The Bertz CT molecular complexity index is 494. The van der Waals surface area contributed by atoms with Crippen LogP contribution in [-0.4, -0.2) is 55.4 Å². The Morgan fingerprint density at radius 1 is 1.18 bits per heavy atom. The van der Waals surface area contributed by atoms with Crippen molar-refractivity contribution in [3.63, 3.8) is 0 Å². The summed E-state index contributed by atoms with van der Waals surface area (Å²) in [5.41, 5.74) is 0. The zero-order valence-corrected chi connectivity index (χ0v) is 13.3. The predicted octanol–water partition coefficient (Wildman–Crippen LogP) is 1.78. The highest BCUT2D eigenvalue weighted by molar-refractivity contribution is 5.79. The lowest BCUT2D eigenvalue weighted by Crippen LogP contribution is -2.43. The first-order chi connectivity index (χ1) is 10.6. The Kier molecular flexibility index (Phi) is 5.81. The van der Waals surface area contributed by atoms with Gasteiger partial charge in [0.05, 0.1) is 13.0 Å². The molecule has 0 atom stereocenters. The Morgan fingerprint density at radius 2 is 1.82 bits per heavy atom. The van der Waals surface area contributed by atoms with Gasteiger partial charge in [0.25, 0.3) is 0 Å². The highest BCUT2D eigenvalue weighted by Gasteiger charge is 2.27. The van der Waals surface area contributed by atoms with E-state index in [1.165, 1.54) is 0 Å². The topological polar surface area (TPSA) is 49.9 Å². The van der Waals surface area contributed by atoms with Crippen molar-refractivity contribution in [2.75, 3.05) is 33.8 Å². The maximum Gasteiger partial charge on any atom is 0.225 e. The highest BCUT2D eigenvalue weighted by Crippen LogP contribution is 2.19. The molecule has 0 aromatic heterocycles. The largest absolute Gasteiger partial charge is 0.493 e. The molecule has 1 aliphatic rings. The van der Waals surface area contributed by atoms with Gasteiger partial charge in [-0.05, 0) is 25.0 Å². The van der Waals surface area contributed by atoms with Crippen molar-refractivity contribution in [3.8, 4) is 5.75 Å². The Morgan fingerprint density at radius 3 is 2.41 bits per heavy atom. The molecule has 5 nitrogen and oxygen atoms in total. The zero-order valence-electron chi connectivity index (χ0n) is 13.3. The van der Waals surface area contributed by atoms with Crippen LogP contribution in [0.1, 0.15) is 19.3 Å². The molecule has 5 heteroatoms. The van der Waals surface area contributed by atoms with Crippen molar-refractivity contribution in [2.45, 2.75) is 19.3 Å². The number of benzene rings is 1. The number of piperidine rings is 1. The molecular weight excluding hydrogens is 280 g/mol. The summed E-state index contributed by atoms with van der Waals surface area (Å²) < 4.78 is 5.55. The molecule has 1 fully saturated rings. The summed E-state index contributed by atoms with van der Waals surface area (Å²) in [7, 11) is 3.56. The van der Waals surface area contributed by atoms with Gasteiger partial charge in [-0.3, -0.25) is 9.59 Å². The highest BCUT2D eigenvalue weighted by atomic mass is 16.5. The third kappa shape index (κ3) is 4.48. The fourth-order valence-corrected chi connectivity index (χ4v) is 2.67. The van der Waals surface area contributed by atoms with Gasteiger partial charge in [-0.15, -0.1) is 0 Å². The van der Waals surface area contributed by atoms with Crippen LogP contribution in [0.3, 0.4) is 0 Å². The number of hydrogen-bond donors (Lipinski definition) is 0. The molecule has 2 rings (SSSR count). The molecule has 1 aromatic carbocycles. The number of hydrogen-bond acceptors (Lipinski definition) is 3. The number of nitrogens with zero attached hydrogens (tertiary/aromatic N) is 2. The van der Waals surface area contributed by atoms with Gasteiger partial charge < -0.3 is 14.5 Å². The van der Waals surface area contributed by atoms with Crippen LogP contribution in [0.2, 0.25) is 0 Å². The van der Waals surface area contributed by atoms with Crippen LogP contribution in [0.25, 0.3) is 0 Å². The molecule has 120 valence electrons. The minimum absolute atomic E-state index is 0.0552. The van der Waals surface area contributed by atoms with Gasteiger partial charge in [-0.2, -0.15) is 0 Å². The third-order valence-corrected chi connectivity index (χ3v) is 3.97. The third-order valence-electron chi connectivity index (χ3n) is 3.97. The second-order valence-electron chi connectivity index (χ2n) is 5.80. The minimum Gasteiger partial charge on any atom is -0.493 e. The van der Waals surface area contributed by atoms with Gasteiger partial charge >= 0.3 is 0 Å². The minimum atomic E-state index is 0.0552. The molecule has 0 radical (unpaired) electrons. The molecule has 0 bridgehead atoms. The van der Waals surface area contributed by atoms with E-state index in [0.717, 1.165) is 18.6 Å². The molecule has 22 heavy (non-hydrogen) atoms. The van der Waals surface area contributed by atoms with Crippen molar-refractivity contribution in [1.29, 1.82) is 0 Å². The Labute approximate surface area is 131 Å². The molecule has 0 unspecified atom stereocenters. The summed E-state index contributed by atoms with van der Waals surface area (Å²) in [6, 6.07) is 9.50. The molecule has 0 spiro atoms. The number of carbonyl (C=O) groups excluding carboxylic acids is 2. The van der Waals surface area contributed by atoms with E-state index in [1.54, 1.807) is 19.0 Å². The lowest BCUT2D eigenvalue weighted by atomic mass is 9.95. The first-order valence-corrected chi connectivity index (χ1v) is 7.74. The standard InChI is InChI=1S/C17H24N2O3/c1-18(2)17(21)14-8-11-19(12-9-14)16(20)10-13-22-15-6-4-3-5-7-15/h3-7,14H,8-13H2,1-2H3. The Balaban J connectivity index is 1.70. The zero-order chi connectivity index (χ0) is 15.9. The number of rotatable bonds is 5. The maximum absolute atomic E-state index is 12.1. The maximum atomic E-state index is 12.1. The summed E-state index contributed by atoms with van der Waals surface area (Å²) >= 11 is 0. The molecule has 2 amide bonds. The molecule has 0 saturated carbocycles. The first-order valence-electron chi connectivity index (χ1n) is 7.74. The molecule has 1 saturated heterocycles. The second-order valence-corrected chi connectivity index (χ2v) is 5.80. The number of ether oxygens (including phenoxy) is 1. The van der Waals surface area contributed by atoms with E-state index < -0.39 is 0 Å². The fraction of sp³-hybridized carbons (Fsp3) is 0.529. The molecule has 1 aliphatic heterocycles. The SMILES string of the molecule is CN(C)C(=O)C1CCN(C(=O)CCOc2ccccc2)CC1. The van der Waals surface area contributed by atoms with E-state index in [-0.39, 0.29) is 17.7 Å². The quantitative estimate of drug-likeness (QED) is 0.833. The summed E-state index contributed by atoms with van der Waals surface area (Å²) in [4.78, 5) is 27.5. The summed E-state index contributed by atoms with van der Waals surface area (Å²) in [5.74, 6) is 1.11. The molecule has 1 heterocycles. The number of para-hydroxylation sites is 1. The summed E-state index contributed by atoms with van der Waals surface area (Å²) in [6.07, 6.45) is 1.88. The van der Waals surface area contributed by atoms with E-state index in [4.69, 9.17) is 4.74 Å². The summed E-state index contributed by atoms with van der Waals surface area (Å²) in [6.45, 7) is 1.71. The van der Waals surface area contributed by atoms with Gasteiger partial charge in [-0.25, -0.2) is 0 Å². The fourth-order valence-electron chi connectivity index (χ4n) is 2.67. The number of carbonyl (C=O) groups is 2. The van der Waals surface area contributed by atoms with Crippen LogP contribution in [0.5, 0.6) is 5.75 Å². The summed E-state index contributed by atoms with van der Waals surface area (Å²) in [5, 5.41) is 0. The van der Waals surface area contributed by atoms with Crippen LogP contribution >= 0.6 is 0 Å².